The molecule has 0 aliphatic carbocycles. The van der Waals surface area contributed by atoms with Gasteiger partial charge in [-0.25, -0.2) is 0 Å². The minimum absolute atomic E-state index is 0.240. The van der Waals surface area contributed by atoms with Crippen molar-refractivity contribution in [2.75, 3.05) is 7.11 Å². The number of methoxy groups -OCH3 is 1. The second-order valence-corrected chi connectivity index (χ2v) is 7.62. The van der Waals surface area contributed by atoms with Crippen molar-refractivity contribution < 1.29 is 14.3 Å². The standard InChI is InChI=1S/C23H19NO3S/c1-15-12-19(27-2)11-10-17(15)13-21-22(25)24(23(26)28-21)14-18-8-5-7-16-6-3-4-9-20(16)18/h3-13H,14H2,1-2H3/b21-13+. The predicted molar refractivity (Wildman–Crippen MR) is 113 cm³/mol. The Kier molecular flexibility index (Phi) is 4.92. The number of benzene rings is 3. The van der Waals surface area contributed by atoms with Crippen LogP contribution in [0.3, 0.4) is 0 Å². The van der Waals surface area contributed by atoms with Crippen molar-refractivity contribution in [3.05, 3.63) is 82.3 Å². The fraction of sp³-hybridized carbons (Fsp3) is 0.130. The Bertz CT molecular complexity index is 1110. The number of fused-ring (bicyclic) bond motifs is 1. The molecule has 140 valence electrons. The lowest BCUT2D eigenvalue weighted by Gasteiger charge is -2.14. The van der Waals surface area contributed by atoms with Crippen molar-refractivity contribution in [1.29, 1.82) is 0 Å². The summed E-state index contributed by atoms with van der Waals surface area (Å²) in [6.07, 6.45) is 1.78. The van der Waals surface area contributed by atoms with Crippen molar-refractivity contribution in [1.82, 2.24) is 4.90 Å². The van der Waals surface area contributed by atoms with E-state index in [9.17, 15) is 9.59 Å². The number of ether oxygens (including phenoxy) is 1. The Labute approximate surface area is 167 Å². The summed E-state index contributed by atoms with van der Waals surface area (Å²) in [6, 6.07) is 19.6. The first kappa shape index (κ1) is 18.3. The zero-order valence-corrected chi connectivity index (χ0v) is 16.5. The summed E-state index contributed by atoms with van der Waals surface area (Å²) in [5.41, 5.74) is 2.85. The Morgan fingerprint density at radius 1 is 1.04 bits per heavy atom. The molecule has 0 aromatic heterocycles. The molecule has 1 saturated heterocycles. The maximum atomic E-state index is 12.9. The molecule has 0 spiro atoms. The van der Waals surface area contributed by atoms with E-state index in [1.54, 1.807) is 13.2 Å². The van der Waals surface area contributed by atoms with Gasteiger partial charge in [0.1, 0.15) is 5.75 Å². The van der Waals surface area contributed by atoms with Gasteiger partial charge in [-0.2, -0.15) is 0 Å². The number of rotatable bonds is 4. The summed E-state index contributed by atoms with van der Waals surface area (Å²) in [6.45, 7) is 2.22. The van der Waals surface area contributed by atoms with Crippen molar-refractivity contribution in [3.63, 3.8) is 0 Å². The predicted octanol–water partition coefficient (Wildman–Crippen LogP) is 5.39. The molecular weight excluding hydrogens is 370 g/mol. The molecule has 0 saturated carbocycles. The molecule has 0 atom stereocenters. The minimum atomic E-state index is -0.252. The molecule has 2 amide bonds. The zero-order valence-electron chi connectivity index (χ0n) is 15.6. The molecule has 3 aromatic carbocycles. The van der Waals surface area contributed by atoms with Gasteiger partial charge in [-0.15, -0.1) is 0 Å². The van der Waals surface area contributed by atoms with Crippen molar-refractivity contribution in [2.24, 2.45) is 0 Å². The Hall–Kier alpha value is -3.05. The number of carbonyl (C=O) groups excluding carboxylic acids is 2. The number of nitrogens with zero attached hydrogens (tertiary/aromatic N) is 1. The molecule has 4 nitrogen and oxygen atoms in total. The van der Waals surface area contributed by atoms with Crippen molar-refractivity contribution >= 4 is 39.8 Å². The highest BCUT2D eigenvalue weighted by Gasteiger charge is 2.35. The van der Waals surface area contributed by atoms with E-state index in [1.165, 1.54) is 4.90 Å². The summed E-state index contributed by atoms with van der Waals surface area (Å²) in [7, 11) is 1.62. The van der Waals surface area contributed by atoms with Crippen LogP contribution in [0.5, 0.6) is 5.75 Å². The van der Waals surface area contributed by atoms with Crippen molar-refractivity contribution in [3.8, 4) is 5.75 Å². The third kappa shape index (κ3) is 3.41. The van der Waals surface area contributed by atoms with E-state index in [1.807, 2.05) is 67.6 Å². The number of thioether (sulfide) groups is 1. The van der Waals surface area contributed by atoms with Gasteiger partial charge in [0.25, 0.3) is 11.1 Å². The summed E-state index contributed by atoms with van der Waals surface area (Å²) >= 11 is 0.987. The number of imide groups is 1. The van der Waals surface area contributed by atoms with Crippen LogP contribution in [0.4, 0.5) is 4.79 Å². The Morgan fingerprint density at radius 2 is 1.82 bits per heavy atom. The maximum Gasteiger partial charge on any atom is 0.293 e. The van der Waals surface area contributed by atoms with Gasteiger partial charge in [0.05, 0.1) is 18.6 Å². The van der Waals surface area contributed by atoms with Gasteiger partial charge in [0.2, 0.25) is 0 Å². The van der Waals surface area contributed by atoms with E-state index in [2.05, 4.69) is 0 Å². The topological polar surface area (TPSA) is 46.6 Å². The highest BCUT2D eigenvalue weighted by Crippen LogP contribution is 2.35. The van der Waals surface area contributed by atoms with E-state index in [0.29, 0.717) is 4.91 Å². The first-order valence-electron chi connectivity index (χ1n) is 8.93. The van der Waals surface area contributed by atoms with Crippen molar-refractivity contribution in [2.45, 2.75) is 13.5 Å². The van der Waals surface area contributed by atoms with E-state index >= 15 is 0 Å². The maximum absolute atomic E-state index is 12.9. The fourth-order valence-electron chi connectivity index (χ4n) is 3.32. The SMILES string of the molecule is COc1ccc(/C=C2/SC(=O)N(Cc3cccc4ccccc34)C2=O)c(C)c1. The van der Waals surface area contributed by atoms with Crippen LogP contribution in [0.15, 0.2) is 65.6 Å². The number of amides is 2. The van der Waals surface area contributed by atoms with Crippen LogP contribution in [-0.2, 0) is 11.3 Å². The van der Waals surface area contributed by atoms with Gasteiger partial charge >= 0.3 is 0 Å². The molecular formula is C23H19NO3S. The molecule has 1 heterocycles. The first-order chi connectivity index (χ1) is 13.6. The average molecular weight is 389 g/mol. The summed E-state index contributed by atoms with van der Waals surface area (Å²) in [5.74, 6) is 0.511. The lowest BCUT2D eigenvalue weighted by atomic mass is 10.0. The molecule has 0 unspecified atom stereocenters. The molecule has 0 bridgehead atoms. The summed E-state index contributed by atoms with van der Waals surface area (Å²) in [5, 5.41) is 1.91. The highest BCUT2D eigenvalue weighted by molar-refractivity contribution is 8.18. The number of hydrogen-bond donors (Lipinski definition) is 0. The molecule has 0 N–H and O–H groups in total. The Morgan fingerprint density at radius 3 is 2.61 bits per heavy atom. The zero-order chi connectivity index (χ0) is 19.7. The summed E-state index contributed by atoms with van der Waals surface area (Å²) < 4.78 is 5.22. The number of aryl methyl sites for hydroxylation is 1. The highest BCUT2D eigenvalue weighted by atomic mass is 32.2. The lowest BCUT2D eigenvalue weighted by Crippen LogP contribution is -2.27. The number of carbonyl (C=O) groups is 2. The normalized spacial score (nSPS) is 15.6. The molecule has 28 heavy (non-hydrogen) atoms. The lowest BCUT2D eigenvalue weighted by molar-refractivity contribution is -0.123. The second kappa shape index (κ2) is 7.52. The second-order valence-electron chi connectivity index (χ2n) is 6.63. The number of hydrogen-bond acceptors (Lipinski definition) is 4. The summed E-state index contributed by atoms with van der Waals surface area (Å²) in [4.78, 5) is 27.2. The van der Waals surface area contributed by atoms with Crippen LogP contribution in [-0.4, -0.2) is 23.2 Å². The van der Waals surface area contributed by atoms with E-state index < -0.39 is 0 Å². The third-order valence-electron chi connectivity index (χ3n) is 4.85. The van der Waals surface area contributed by atoms with Crippen LogP contribution in [0, 0.1) is 6.92 Å². The van der Waals surface area contributed by atoms with Gasteiger partial charge < -0.3 is 4.74 Å². The quantitative estimate of drug-likeness (QED) is 0.561. The fourth-order valence-corrected chi connectivity index (χ4v) is 4.14. The van der Waals surface area contributed by atoms with E-state index in [0.717, 1.165) is 45.0 Å². The van der Waals surface area contributed by atoms with Crippen LogP contribution in [0.2, 0.25) is 0 Å². The molecule has 1 fully saturated rings. The molecule has 1 aliphatic heterocycles. The van der Waals surface area contributed by atoms with Crippen LogP contribution in [0.25, 0.3) is 16.8 Å². The monoisotopic (exact) mass is 389 g/mol. The Balaban J connectivity index is 1.62. The van der Waals surface area contributed by atoms with Crippen LogP contribution in [0.1, 0.15) is 16.7 Å². The van der Waals surface area contributed by atoms with Gasteiger partial charge in [0, 0.05) is 0 Å². The molecule has 4 rings (SSSR count). The largest absolute Gasteiger partial charge is 0.497 e. The molecule has 5 heteroatoms. The van der Waals surface area contributed by atoms with Gasteiger partial charge in [0.15, 0.2) is 0 Å². The van der Waals surface area contributed by atoms with Gasteiger partial charge in [-0.1, -0.05) is 48.5 Å². The molecule has 3 aromatic rings. The van der Waals surface area contributed by atoms with Crippen LogP contribution >= 0.6 is 11.8 Å². The smallest absolute Gasteiger partial charge is 0.293 e. The molecule has 1 aliphatic rings. The molecule has 0 radical (unpaired) electrons. The van der Waals surface area contributed by atoms with Gasteiger partial charge in [-0.3, -0.25) is 14.5 Å². The third-order valence-corrected chi connectivity index (χ3v) is 5.75. The minimum Gasteiger partial charge on any atom is -0.497 e. The van der Waals surface area contributed by atoms with Gasteiger partial charge in [-0.05, 0) is 64.4 Å². The van der Waals surface area contributed by atoms with E-state index in [4.69, 9.17) is 4.74 Å². The van der Waals surface area contributed by atoms with E-state index in [-0.39, 0.29) is 17.7 Å². The average Bonchev–Trinajstić information content (AvgIpc) is 2.97. The van der Waals surface area contributed by atoms with Crippen LogP contribution < -0.4 is 4.74 Å². The first-order valence-corrected chi connectivity index (χ1v) is 9.75.